The molecule has 100 valence electrons. The van der Waals surface area contributed by atoms with Crippen LogP contribution in [0.2, 0.25) is 0 Å². The summed E-state index contributed by atoms with van der Waals surface area (Å²) in [6, 6.07) is 6.78. The molecule has 0 atom stereocenters. The van der Waals surface area contributed by atoms with Crippen LogP contribution in [0.5, 0.6) is 0 Å². The van der Waals surface area contributed by atoms with E-state index in [4.69, 9.17) is 11.0 Å². The topological polar surface area (TPSA) is 104 Å². The predicted octanol–water partition coefficient (Wildman–Crippen LogP) is 0.755. The van der Waals surface area contributed by atoms with Crippen LogP contribution in [0.3, 0.4) is 0 Å². The van der Waals surface area contributed by atoms with Gasteiger partial charge in [-0.25, -0.2) is 11.3 Å². The second-order valence-corrected chi connectivity index (χ2v) is 3.79. The number of nitrogen functional groups attached to an aromatic ring is 1. The van der Waals surface area contributed by atoms with Crippen molar-refractivity contribution in [3.63, 3.8) is 0 Å². The first-order valence-electron chi connectivity index (χ1n) is 5.48. The van der Waals surface area contributed by atoms with Gasteiger partial charge in [0.25, 0.3) is 11.8 Å². The number of hydrazine groups is 1. The highest BCUT2D eigenvalue weighted by molar-refractivity contribution is 5.93. The predicted molar refractivity (Wildman–Crippen MR) is 70.8 cm³/mol. The fraction of sp³-hybridized carbons (Fsp3) is 0.0769. The minimum Gasteiger partial charge on any atom is -0.290 e. The maximum atomic E-state index is 11.2. The third-order valence-corrected chi connectivity index (χ3v) is 2.31. The molecule has 0 heterocycles. The van der Waals surface area contributed by atoms with Gasteiger partial charge in [-0.3, -0.25) is 20.2 Å². The second kappa shape index (κ2) is 7.10. The van der Waals surface area contributed by atoms with Crippen molar-refractivity contribution in [3.05, 3.63) is 53.1 Å². The van der Waals surface area contributed by atoms with Gasteiger partial charge in [0, 0.05) is 11.6 Å². The molecule has 0 saturated heterocycles. The Morgan fingerprint density at radius 1 is 1.26 bits per heavy atom. The summed E-state index contributed by atoms with van der Waals surface area (Å²) in [7, 11) is 0. The summed E-state index contributed by atoms with van der Waals surface area (Å²) in [6.07, 6.45) is 4.75. The lowest BCUT2D eigenvalue weighted by Crippen LogP contribution is -2.29. The number of hydrogen-bond donors (Lipinski definition) is 4. The average molecular weight is 261 g/mol. The van der Waals surface area contributed by atoms with Crippen LogP contribution >= 0.6 is 0 Å². The largest absolute Gasteiger partial charge is 0.290 e. The summed E-state index contributed by atoms with van der Waals surface area (Å²) < 4.78 is 0. The third kappa shape index (κ3) is 4.74. The van der Waals surface area contributed by atoms with Crippen LogP contribution in [0.25, 0.3) is 6.08 Å². The molecule has 0 saturated carbocycles. The number of carbonyl (C=O) groups is 2. The van der Waals surface area contributed by atoms with Crippen molar-refractivity contribution in [2.24, 2.45) is 5.84 Å². The molecular weight excluding hydrogens is 246 g/mol. The Morgan fingerprint density at radius 3 is 2.42 bits per heavy atom. The van der Waals surface area contributed by atoms with Gasteiger partial charge < -0.3 is 0 Å². The van der Waals surface area contributed by atoms with Crippen molar-refractivity contribution in [1.29, 1.82) is 0 Å². The Balaban J connectivity index is 2.75. The molecule has 6 heteroatoms. The van der Waals surface area contributed by atoms with Gasteiger partial charge in [-0.15, -0.1) is 0 Å². The maximum Gasteiger partial charge on any atom is 0.267 e. The van der Waals surface area contributed by atoms with E-state index in [9.17, 15) is 9.59 Å². The molecule has 0 fully saturated rings. The molecule has 0 unspecified atom stereocenters. The van der Waals surface area contributed by atoms with Crippen LogP contribution in [0, 0.1) is 0 Å². The number of nitrogens with two attached hydrogens (primary N) is 1. The number of nitrogens with one attached hydrogen (secondary N) is 2. The summed E-state index contributed by atoms with van der Waals surface area (Å²) in [5, 5.41) is 8.36. The van der Waals surface area contributed by atoms with Crippen molar-refractivity contribution in [1.82, 2.24) is 10.9 Å². The molecule has 1 aromatic rings. The van der Waals surface area contributed by atoms with Gasteiger partial charge in [-0.2, -0.15) is 0 Å². The van der Waals surface area contributed by atoms with Gasteiger partial charge in [0.05, 0.1) is 0 Å². The molecule has 0 radical (unpaired) electrons. The van der Waals surface area contributed by atoms with Crippen LogP contribution in [-0.4, -0.2) is 17.0 Å². The molecule has 2 amide bonds. The zero-order valence-electron chi connectivity index (χ0n) is 10.4. The van der Waals surface area contributed by atoms with E-state index in [1.54, 1.807) is 43.3 Å². The minimum atomic E-state index is -0.586. The van der Waals surface area contributed by atoms with E-state index in [0.717, 1.165) is 5.56 Å². The molecule has 0 aliphatic carbocycles. The highest BCUT2D eigenvalue weighted by Gasteiger charge is 2.01. The number of benzene rings is 1. The van der Waals surface area contributed by atoms with Crippen LogP contribution in [0.1, 0.15) is 22.8 Å². The van der Waals surface area contributed by atoms with Crippen molar-refractivity contribution in [2.45, 2.75) is 6.92 Å². The molecule has 19 heavy (non-hydrogen) atoms. The monoisotopic (exact) mass is 261 g/mol. The molecule has 0 aliphatic heterocycles. The Labute approximate surface area is 110 Å². The molecule has 5 N–H and O–H groups in total. The lowest BCUT2D eigenvalue weighted by Gasteiger charge is -1.99. The van der Waals surface area contributed by atoms with Gasteiger partial charge in [0.1, 0.15) is 0 Å². The zero-order valence-corrected chi connectivity index (χ0v) is 10.4. The summed E-state index contributed by atoms with van der Waals surface area (Å²) in [5.41, 5.74) is 5.57. The number of allylic oxidation sites excluding steroid dienone is 2. The van der Waals surface area contributed by atoms with Gasteiger partial charge in [0.15, 0.2) is 0 Å². The zero-order chi connectivity index (χ0) is 14.3. The highest BCUT2D eigenvalue weighted by Crippen LogP contribution is 2.08. The quantitative estimate of drug-likeness (QED) is 0.160. The first kappa shape index (κ1) is 14.6. The average Bonchev–Trinajstić information content (AvgIpc) is 2.44. The minimum absolute atomic E-state index is 0.355. The second-order valence-electron chi connectivity index (χ2n) is 3.79. The Morgan fingerprint density at radius 2 is 1.89 bits per heavy atom. The molecule has 6 nitrogen and oxygen atoms in total. The van der Waals surface area contributed by atoms with Crippen molar-refractivity contribution < 1.29 is 14.8 Å². The number of rotatable bonds is 4. The van der Waals surface area contributed by atoms with E-state index < -0.39 is 5.91 Å². The summed E-state index contributed by atoms with van der Waals surface area (Å²) in [6.45, 7) is 1.72. The number of carbonyl (C=O) groups excluding carboxylic acids is 2. The standard InChI is InChI=1S/C13H15N3O3/c1-9(8-12(17)16-19)2-3-10-4-6-11(7-5-10)13(18)15-14/h2-8,19H,14H2,1H3,(H,15,18)(H,16,17)/b3-2-,9-8-. The normalized spacial score (nSPS) is 11.4. The van der Waals surface area contributed by atoms with E-state index >= 15 is 0 Å². The van der Waals surface area contributed by atoms with Gasteiger partial charge >= 0.3 is 0 Å². The van der Waals surface area contributed by atoms with E-state index in [1.807, 2.05) is 5.43 Å². The lowest BCUT2D eigenvalue weighted by molar-refractivity contribution is -0.124. The number of amides is 2. The molecule has 0 aromatic heterocycles. The van der Waals surface area contributed by atoms with Gasteiger partial charge in [-0.05, 0) is 30.2 Å². The van der Waals surface area contributed by atoms with Crippen LogP contribution < -0.4 is 16.7 Å². The molecule has 1 aromatic carbocycles. The Bertz CT molecular complexity index is 518. The van der Waals surface area contributed by atoms with Crippen LogP contribution in [0.15, 0.2) is 42.0 Å². The highest BCUT2D eigenvalue weighted by atomic mass is 16.5. The smallest absolute Gasteiger partial charge is 0.267 e. The van der Waals surface area contributed by atoms with E-state index in [-0.39, 0.29) is 5.91 Å². The lowest BCUT2D eigenvalue weighted by atomic mass is 10.1. The summed E-state index contributed by atoms with van der Waals surface area (Å²) in [4.78, 5) is 22.1. The summed E-state index contributed by atoms with van der Waals surface area (Å²) in [5.74, 6) is 4.08. The molecule has 0 spiro atoms. The first-order chi connectivity index (χ1) is 9.06. The summed E-state index contributed by atoms with van der Waals surface area (Å²) >= 11 is 0. The van der Waals surface area contributed by atoms with Gasteiger partial charge in [0.2, 0.25) is 0 Å². The molecule has 0 aliphatic rings. The van der Waals surface area contributed by atoms with Crippen molar-refractivity contribution in [2.75, 3.05) is 0 Å². The fourth-order valence-corrected chi connectivity index (χ4v) is 1.34. The van der Waals surface area contributed by atoms with E-state index in [0.29, 0.717) is 11.1 Å². The Hall–Kier alpha value is -2.44. The van der Waals surface area contributed by atoms with Crippen molar-refractivity contribution in [3.8, 4) is 0 Å². The van der Waals surface area contributed by atoms with Crippen LogP contribution in [0.4, 0.5) is 0 Å². The maximum absolute atomic E-state index is 11.2. The van der Waals surface area contributed by atoms with Crippen molar-refractivity contribution >= 4 is 17.9 Å². The van der Waals surface area contributed by atoms with E-state index in [1.165, 1.54) is 11.6 Å². The molecular formula is C13H15N3O3. The Kier molecular flexibility index (Phi) is 5.46. The first-order valence-corrected chi connectivity index (χ1v) is 5.48. The van der Waals surface area contributed by atoms with E-state index in [2.05, 4.69) is 0 Å². The van der Waals surface area contributed by atoms with Gasteiger partial charge in [-0.1, -0.05) is 24.3 Å². The van der Waals surface area contributed by atoms with Crippen LogP contribution in [-0.2, 0) is 4.79 Å². The SMILES string of the molecule is CC(/C=C\c1ccc(C(=O)NN)cc1)=C/C(=O)NO. The number of hydrogen-bond acceptors (Lipinski definition) is 4. The molecule has 0 bridgehead atoms. The third-order valence-electron chi connectivity index (χ3n) is 2.31. The molecule has 1 rings (SSSR count). The fourth-order valence-electron chi connectivity index (χ4n) is 1.34. The number of hydroxylamine groups is 1.